The van der Waals surface area contributed by atoms with Crippen LogP contribution in [0.2, 0.25) is 0 Å². The van der Waals surface area contributed by atoms with Gasteiger partial charge in [0.1, 0.15) is 0 Å². The molecule has 0 atom stereocenters. The fraction of sp³-hybridized carbons (Fsp3) is 0. The quantitative estimate of drug-likeness (QED) is 0.638. The smallest absolute Gasteiger partial charge is 0.0185 e. The molecule has 1 aromatic rings. The van der Waals surface area contributed by atoms with Crippen molar-refractivity contribution in [2.24, 2.45) is 0 Å². The molecule has 0 bridgehead atoms. The van der Waals surface area contributed by atoms with Gasteiger partial charge >= 0.3 is 0 Å². The first-order chi connectivity index (χ1) is 6.38. The average molecular weight is 186 g/mol. The lowest BCUT2D eigenvalue weighted by atomic mass is 10.1. The van der Waals surface area contributed by atoms with E-state index >= 15 is 0 Å². The van der Waals surface area contributed by atoms with E-state index in [1.165, 1.54) is 5.57 Å². The average Bonchev–Trinajstić information content (AvgIpc) is 2.71. The highest BCUT2D eigenvalue weighted by molar-refractivity contribution is 7.90. The molecule has 0 aromatic heterocycles. The molecule has 0 unspecified atom stereocenters. The van der Waals surface area contributed by atoms with Crippen molar-refractivity contribution in [1.29, 1.82) is 0 Å². The van der Waals surface area contributed by atoms with Crippen molar-refractivity contribution in [3.05, 3.63) is 65.8 Å². The lowest BCUT2D eigenvalue weighted by molar-refractivity contribution is 1.63. The SMILES string of the molecule is SC(=C1C=CC=C1)c1ccccc1. The molecular weight excluding hydrogens is 176 g/mol. The Morgan fingerprint density at radius 2 is 1.54 bits per heavy atom. The first-order valence-corrected chi connectivity index (χ1v) is 4.66. The zero-order valence-corrected chi connectivity index (χ0v) is 8.04. The largest absolute Gasteiger partial charge is 0.142 e. The summed E-state index contributed by atoms with van der Waals surface area (Å²) in [6.45, 7) is 0. The number of thiol groups is 1. The molecule has 0 radical (unpaired) electrons. The third-order valence-electron chi connectivity index (χ3n) is 1.98. The van der Waals surface area contributed by atoms with Gasteiger partial charge in [0, 0.05) is 4.91 Å². The maximum atomic E-state index is 4.49. The Bertz CT molecular complexity index is 369. The highest BCUT2D eigenvalue weighted by Gasteiger charge is 2.01. The van der Waals surface area contributed by atoms with Gasteiger partial charge in [-0.2, -0.15) is 0 Å². The van der Waals surface area contributed by atoms with Crippen LogP contribution >= 0.6 is 12.6 Å². The zero-order valence-electron chi connectivity index (χ0n) is 7.14. The van der Waals surface area contributed by atoms with Crippen LogP contribution in [0.5, 0.6) is 0 Å². The minimum absolute atomic E-state index is 1.03. The van der Waals surface area contributed by atoms with E-state index in [4.69, 9.17) is 0 Å². The second kappa shape index (κ2) is 3.67. The molecule has 64 valence electrons. The van der Waals surface area contributed by atoms with Crippen LogP contribution in [0.4, 0.5) is 0 Å². The second-order valence-electron chi connectivity index (χ2n) is 2.89. The Hall–Kier alpha value is -1.21. The maximum absolute atomic E-state index is 4.49. The van der Waals surface area contributed by atoms with Crippen molar-refractivity contribution in [2.75, 3.05) is 0 Å². The topological polar surface area (TPSA) is 0 Å². The lowest BCUT2D eigenvalue weighted by Gasteiger charge is -2.01. The molecule has 0 aliphatic heterocycles. The maximum Gasteiger partial charge on any atom is 0.0185 e. The minimum Gasteiger partial charge on any atom is -0.142 e. The normalized spacial score (nSPS) is 13.8. The van der Waals surface area contributed by atoms with Gasteiger partial charge in [-0.1, -0.05) is 54.6 Å². The van der Waals surface area contributed by atoms with Crippen molar-refractivity contribution in [3.8, 4) is 0 Å². The van der Waals surface area contributed by atoms with Crippen molar-refractivity contribution < 1.29 is 0 Å². The first-order valence-electron chi connectivity index (χ1n) is 4.21. The summed E-state index contributed by atoms with van der Waals surface area (Å²) in [4.78, 5) is 1.03. The summed E-state index contributed by atoms with van der Waals surface area (Å²) in [5, 5.41) is 0. The highest BCUT2D eigenvalue weighted by Crippen LogP contribution is 2.25. The van der Waals surface area contributed by atoms with Gasteiger partial charge < -0.3 is 0 Å². The fourth-order valence-electron chi connectivity index (χ4n) is 1.29. The zero-order chi connectivity index (χ0) is 9.10. The van der Waals surface area contributed by atoms with E-state index in [1.54, 1.807) is 0 Å². The summed E-state index contributed by atoms with van der Waals surface area (Å²) >= 11 is 4.49. The Kier molecular flexibility index (Phi) is 2.37. The van der Waals surface area contributed by atoms with E-state index in [0.29, 0.717) is 0 Å². The molecule has 2 rings (SSSR count). The van der Waals surface area contributed by atoms with Gasteiger partial charge in [-0.3, -0.25) is 0 Å². The van der Waals surface area contributed by atoms with Gasteiger partial charge in [-0.05, 0) is 11.1 Å². The Morgan fingerprint density at radius 1 is 0.923 bits per heavy atom. The number of benzene rings is 1. The molecule has 0 saturated carbocycles. The summed E-state index contributed by atoms with van der Waals surface area (Å²) < 4.78 is 0. The van der Waals surface area contributed by atoms with E-state index in [2.05, 4.69) is 36.9 Å². The van der Waals surface area contributed by atoms with E-state index in [9.17, 15) is 0 Å². The van der Waals surface area contributed by atoms with Crippen LogP contribution in [0.25, 0.3) is 4.91 Å². The summed E-state index contributed by atoms with van der Waals surface area (Å²) in [5.41, 5.74) is 2.34. The molecule has 0 saturated heterocycles. The number of rotatable bonds is 1. The summed E-state index contributed by atoms with van der Waals surface area (Å²) in [5.74, 6) is 0. The third-order valence-corrected chi connectivity index (χ3v) is 2.50. The molecule has 1 aliphatic carbocycles. The number of hydrogen-bond donors (Lipinski definition) is 1. The van der Waals surface area contributed by atoms with Gasteiger partial charge in [0.2, 0.25) is 0 Å². The van der Waals surface area contributed by atoms with Crippen molar-refractivity contribution in [1.82, 2.24) is 0 Å². The molecule has 0 spiro atoms. The minimum atomic E-state index is 1.03. The van der Waals surface area contributed by atoms with Gasteiger partial charge in [-0.15, -0.1) is 12.6 Å². The van der Waals surface area contributed by atoms with Crippen molar-refractivity contribution in [2.45, 2.75) is 0 Å². The second-order valence-corrected chi connectivity index (χ2v) is 3.34. The lowest BCUT2D eigenvalue weighted by Crippen LogP contribution is -1.78. The monoisotopic (exact) mass is 186 g/mol. The van der Waals surface area contributed by atoms with E-state index in [0.717, 1.165) is 10.5 Å². The van der Waals surface area contributed by atoms with Crippen LogP contribution in [0, 0.1) is 0 Å². The van der Waals surface area contributed by atoms with Crippen LogP contribution in [0.1, 0.15) is 5.56 Å². The van der Waals surface area contributed by atoms with Crippen LogP contribution in [-0.4, -0.2) is 0 Å². The van der Waals surface area contributed by atoms with Gasteiger partial charge in [0.15, 0.2) is 0 Å². The molecule has 13 heavy (non-hydrogen) atoms. The molecule has 1 heteroatoms. The van der Waals surface area contributed by atoms with E-state index in [1.807, 2.05) is 30.4 Å². The Morgan fingerprint density at radius 3 is 2.15 bits per heavy atom. The first kappa shape index (κ1) is 8.39. The predicted molar refractivity (Wildman–Crippen MR) is 60.6 cm³/mol. The molecule has 1 aliphatic rings. The number of hydrogen-bond acceptors (Lipinski definition) is 1. The van der Waals surface area contributed by atoms with Crippen LogP contribution in [-0.2, 0) is 0 Å². The summed E-state index contributed by atoms with van der Waals surface area (Å²) in [7, 11) is 0. The van der Waals surface area contributed by atoms with E-state index in [-0.39, 0.29) is 0 Å². The summed E-state index contributed by atoms with van der Waals surface area (Å²) in [6, 6.07) is 10.2. The summed E-state index contributed by atoms with van der Waals surface area (Å²) in [6.07, 6.45) is 8.17. The number of allylic oxidation sites excluding steroid dienone is 5. The molecular formula is C12H10S. The third kappa shape index (κ3) is 1.76. The van der Waals surface area contributed by atoms with E-state index < -0.39 is 0 Å². The molecule has 0 heterocycles. The molecule has 0 N–H and O–H groups in total. The molecule has 1 aromatic carbocycles. The van der Waals surface area contributed by atoms with Crippen LogP contribution in [0.3, 0.4) is 0 Å². The van der Waals surface area contributed by atoms with Gasteiger partial charge in [0.05, 0.1) is 0 Å². The molecule has 0 amide bonds. The molecule has 0 nitrogen and oxygen atoms in total. The Labute approximate surface area is 83.7 Å². The standard InChI is InChI=1S/C12H10S/c13-12(11-8-4-5-9-11)10-6-2-1-3-7-10/h1-9,13H. The Balaban J connectivity index is 2.43. The van der Waals surface area contributed by atoms with Crippen molar-refractivity contribution >= 4 is 17.5 Å². The predicted octanol–water partition coefficient (Wildman–Crippen LogP) is 3.45. The van der Waals surface area contributed by atoms with Gasteiger partial charge in [-0.25, -0.2) is 0 Å². The van der Waals surface area contributed by atoms with Gasteiger partial charge in [0.25, 0.3) is 0 Å². The fourth-order valence-corrected chi connectivity index (χ4v) is 1.59. The molecule has 0 fully saturated rings. The van der Waals surface area contributed by atoms with Crippen LogP contribution in [0.15, 0.2) is 60.2 Å². The highest BCUT2D eigenvalue weighted by atomic mass is 32.1. The van der Waals surface area contributed by atoms with Crippen LogP contribution < -0.4 is 0 Å². The van der Waals surface area contributed by atoms with Crippen molar-refractivity contribution in [3.63, 3.8) is 0 Å².